The second kappa shape index (κ2) is 5.22. The van der Waals surface area contributed by atoms with Crippen LogP contribution in [0.4, 0.5) is 4.39 Å². The van der Waals surface area contributed by atoms with Crippen LogP contribution in [-0.2, 0) is 5.41 Å². The predicted octanol–water partition coefficient (Wildman–Crippen LogP) is 3.98. The molecular formula is C16H16FNO. The Morgan fingerprint density at radius 3 is 2.26 bits per heavy atom. The van der Waals surface area contributed by atoms with E-state index in [1.807, 2.05) is 43.3 Å². The van der Waals surface area contributed by atoms with Gasteiger partial charge in [-0.25, -0.2) is 4.39 Å². The molecule has 2 aromatic carbocycles. The van der Waals surface area contributed by atoms with Crippen molar-refractivity contribution in [3.05, 3.63) is 71.5 Å². The summed E-state index contributed by atoms with van der Waals surface area (Å²) in [7, 11) is 0. The third-order valence-electron chi connectivity index (χ3n) is 3.63. The third kappa shape index (κ3) is 2.36. The number of oxime groups is 1. The van der Waals surface area contributed by atoms with Gasteiger partial charge in [0.15, 0.2) is 0 Å². The Labute approximate surface area is 112 Å². The van der Waals surface area contributed by atoms with Crippen molar-refractivity contribution in [3.63, 3.8) is 0 Å². The fraction of sp³-hybridized carbons (Fsp3) is 0.188. The lowest BCUT2D eigenvalue weighted by Crippen LogP contribution is -2.32. The van der Waals surface area contributed by atoms with Crippen molar-refractivity contribution in [2.24, 2.45) is 5.16 Å². The predicted molar refractivity (Wildman–Crippen MR) is 74.2 cm³/mol. The topological polar surface area (TPSA) is 32.6 Å². The smallest absolute Gasteiger partial charge is 0.123 e. The van der Waals surface area contributed by atoms with E-state index in [1.165, 1.54) is 12.1 Å². The molecule has 0 saturated carbocycles. The van der Waals surface area contributed by atoms with E-state index in [4.69, 9.17) is 5.21 Å². The Bertz CT molecular complexity index is 595. The average Bonchev–Trinajstić information content (AvgIpc) is 2.46. The molecule has 3 heteroatoms. The van der Waals surface area contributed by atoms with E-state index in [-0.39, 0.29) is 5.82 Å². The van der Waals surface area contributed by atoms with Gasteiger partial charge in [-0.05, 0) is 37.1 Å². The minimum absolute atomic E-state index is 0.301. The number of benzene rings is 2. The van der Waals surface area contributed by atoms with Crippen LogP contribution in [0.2, 0.25) is 0 Å². The van der Waals surface area contributed by atoms with E-state index in [0.29, 0.717) is 5.71 Å². The summed E-state index contributed by atoms with van der Waals surface area (Å²) >= 11 is 0. The summed E-state index contributed by atoms with van der Waals surface area (Å²) in [5.41, 5.74) is 1.58. The molecule has 0 heterocycles. The maximum atomic E-state index is 13.5. The first-order valence-corrected chi connectivity index (χ1v) is 6.09. The highest BCUT2D eigenvalue weighted by Crippen LogP contribution is 2.33. The number of hydrogen-bond donors (Lipinski definition) is 1. The maximum absolute atomic E-state index is 13.5. The summed E-state index contributed by atoms with van der Waals surface area (Å²) in [6, 6.07) is 16.0. The van der Waals surface area contributed by atoms with Gasteiger partial charge in [-0.1, -0.05) is 47.6 Å². The van der Waals surface area contributed by atoms with Crippen LogP contribution >= 0.6 is 0 Å². The van der Waals surface area contributed by atoms with E-state index in [1.54, 1.807) is 13.0 Å². The van der Waals surface area contributed by atoms with Gasteiger partial charge >= 0.3 is 0 Å². The summed E-state index contributed by atoms with van der Waals surface area (Å²) in [5.74, 6) is -0.301. The zero-order valence-corrected chi connectivity index (χ0v) is 11.0. The van der Waals surface area contributed by atoms with Crippen molar-refractivity contribution >= 4 is 5.71 Å². The first-order chi connectivity index (χ1) is 9.09. The van der Waals surface area contributed by atoms with Crippen molar-refractivity contribution in [1.29, 1.82) is 0 Å². The molecule has 2 aromatic rings. The molecule has 0 bridgehead atoms. The van der Waals surface area contributed by atoms with Crippen LogP contribution in [0.1, 0.15) is 25.0 Å². The quantitative estimate of drug-likeness (QED) is 0.503. The highest BCUT2D eigenvalue weighted by Gasteiger charge is 2.33. The lowest BCUT2D eigenvalue weighted by atomic mass is 9.73. The number of hydrogen-bond acceptors (Lipinski definition) is 2. The van der Waals surface area contributed by atoms with E-state index in [2.05, 4.69) is 5.16 Å². The lowest BCUT2D eigenvalue weighted by molar-refractivity contribution is 0.314. The number of nitrogens with zero attached hydrogens (tertiary/aromatic N) is 1. The summed E-state index contributed by atoms with van der Waals surface area (Å²) in [4.78, 5) is 0. The molecule has 0 fully saturated rings. The fourth-order valence-corrected chi connectivity index (χ4v) is 2.26. The SMILES string of the molecule is CC(=NO)C(C)(c1ccccc1)c1cccc(F)c1. The van der Waals surface area contributed by atoms with Gasteiger partial charge in [0.1, 0.15) is 5.82 Å². The molecule has 2 rings (SSSR count). The molecule has 0 aliphatic carbocycles. The monoisotopic (exact) mass is 257 g/mol. The van der Waals surface area contributed by atoms with Crippen LogP contribution in [0, 0.1) is 5.82 Å². The molecule has 0 amide bonds. The summed E-state index contributed by atoms with van der Waals surface area (Å²) in [6.07, 6.45) is 0. The molecule has 1 atom stereocenters. The molecule has 19 heavy (non-hydrogen) atoms. The molecule has 0 spiro atoms. The van der Waals surface area contributed by atoms with Crippen LogP contribution < -0.4 is 0 Å². The van der Waals surface area contributed by atoms with Gasteiger partial charge < -0.3 is 5.21 Å². The normalized spacial score (nSPS) is 15.0. The first kappa shape index (κ1) is 13.3. The van der Waals surface area contributed by atoms with E-state index >= 15 is 0 Å². The molecule has 0 aliphatic heterocycles. The zero-order valence-electron chi connectivity index (χ0n) is 11.0. The van der Waals surface area contributed by atoms with E-state index in [0.717, 1.165) is 11.1 Å². The minimum atomic E-state index is -0.655. The van der Waals surface area contributed by atoms with Crippen LogP contribution in [-0.4, -0.2) is 10.9 Å². The molecule has 0 radical (unpaired) electrons. The Hall–Kier alpha value is -2.16. The first-order valence-electron chi connectivity index (χ1n) is 6.09. The third-order valence-corrected chi connectivity index (χ3v) is 3.63. The molecule has 98 valence electrons. The van der Waals surface area contributed by atoms with Crippen LogP contribution in [0.3, 0.4) is 0 Å². The molecule has 0 aliphatic rings. The molecule has 0 aromatic heterocycles. The van der Waals surface area contributed by atoms with Gasteiger partial charge in [-0.3, -0.25) is 0 Å². The van der Waals surface area contributed by atoms with Gasteiger partial charge in [0.2, 0.25) is 0 Å². The molecule has 2 nitrogen and oxygen atoms in total. The van der Waals surface area contributed by atoms with Crippen molar-refractivity contribution in [1.82, 2.24) is 0 Å². The molecule has 1 unspecified atom stereocenters. The van der Waals surface area contributed by atoms with Crippen LogP contribution in [0.25, 0.3) is 0 Å². The summed E-state index contributed by atoms with van der Waals surface area (Å²) in [5, 5.41) is 12.5. The second-order valence-corrected chi connectivity index (χ2v) is 4.69. The van der Waals surface area contributed by atoms with Crippen molar-refractivity contribution in [2.75, 3.05) is 0 Å². The number of halogens is 1. The molecular weight excluding hydrogens is 241 g/mol. The maximum Gasteiger partial charge on any atom is 0.123 e. The Kier molecular flexibility index (Phi) is 3.65. The van der Waals surface area contributed by atoms with Gasteiger partial charge in [-0.15, -0.1) is 0 Å². The van der Waals surface area contributed by atoms with Gasteiger partial charge in [0.05, 0.1) is 11.1 Å². The number of rotatable bonds is 3. The van der Waals surface area contributed by atoms with Gasteiger partial charge in [0, 0.05) is 0 Å². The summed E-state index contributed by atoms with van der Waals surface area (Å²) < 4.78 is 13.5. The highest BCUT2D eigenvalue weighted by molar-refractivity contribution is 5.95. The largest absolute Gasteiger partial charge is 0.411 e. The second-order valence-electron chi connectivity index (χ2n) is 4.69. The summed E-state index contributed by atoms with van der Waals surface area (Å²) in [6.45, 7) is 3.66. The lowest BCUT2D eigenvalue weighted by Gasteiger charge is -2.30. The molecule has 1 N–H and O–H groups in total. The fourth-order valence-electron chi connectivity index (χ4n) is 2.26. The van der Waals surface area contributed by atoms with E-state index < -0.39 is 5.41 Å². The van der Waals surface area contributed by atoms with Crippen LogP contribution in [0.15, 0.2) is 59.8 Å². The van der Waals surface area contributed by atoms with Crippen molar-refractivity contribution in [2.45, 2.75) is 19.3 Å². The Balaban J connectivity index is 2.66. The van der Waals surface area contributed by atoms with E-state index in [9.17, 15) is 4.39 Å². The Morgan fingerprint density at radius 1 is 1.05 bits per heavy atom. The zero-order chi connectivity index (χ0) is 13.9. The standard InChI is InChI=1S/C16H16FNO/c1-12(18-19)16(2,13-7-4-3-5-8-13)14-9-6-10-15(17)11-14/h3-11,19H,1-2H3. The van der Waals surface area contributed by atoms with Crippen molar-refractivity contribution in [3.8, 4) is 0 Å². The Morgan fingerprint density at radius 2 is 1.68 bits per heavy atom. The average molecular weight is 257 g/mol. The van der Waals surface area contributed by atoms with Crippen LogP contribution in [0.5, 0.6) is 0 Å². The van der Waals surface area contributed by atoms with Crippen molar-refractivity contribution < 1.29 is 9.60 Å². The molecule has 0 saturated heterocycles. The minimum Gasteiger partial charge on any atom is -0.411 e. The van der Waals surface area contributed by atoms with Gasteiger partial charge in [-0.2, -0.15) is 0 Å². The highest BCUT2D eigenvalue weighted by atomic mass is 19.1. The van der Waals surface area contributed by atoms with Gasteiger partial charge in [0.25, 0.3) is 0 Å².